The molecule has 0 aromatic heterocycles. The first-order valence-corrected chi connectivity index (χ1v) is 41.3. The third-order valence-corrected chi connectivity index (χ3v) is 24.5. The molecule has 8 rings (SSSR count). The Morgan fingerprint density at radius 3 is 0.826 bits per heavy atom. The van der Waals surface area contributed by atoms with Crippen molar-refractivity contribution in [2.45, 2.75) is 246 Å². The molecule has 0 bridgehead atoms. The van der Waals surface area contributed by atoms with Gasteiger partial charge in [0.25, 0.3) is 23.6 Å². The lowest BCUT2D eigenvalue weighted by Crippen LogP contribution is -3.00. The van der Waals surface area contributed by atoms with Crippen molar-refractivity contribution in [1.29, 1.82) is 0.594 Å². The van der Waals surface area contributed by atoms with E-state index in [0.717, 1.165) is 22.3 Å². The standard InChI is InChI=1S/C88H126IN5O20.HI/c1-20-84(16,76(99)107-47-68-43-103-68)39-56(4)60-27-23-31-64(35-60)80(8,9)72(95)91-111-52-88(53-112-92-73(96)81(10,11)65-32-24-28-61(36-65)57(5)40-85(17,21-2)77(100)108-48-69-44-104-69,54-113-93-74(97)82(12,13)66-33-25-29-62(37-66)58(6)41-86(18,22-3)78(101)109-49-70-45-105-70)55-114-94-75(98)83(14,15)67-34-26-30-63(38-67)59(7)42-87(19,51-90-89)79(102)110-50-71-46-106-71;/h23-38,56-59,68-71,89H,20-22,39-55H2,1-19H3,(H,91,95)(H,92,96)(H,93,97)(H,94,98);1H/i89T;. The molecule has 4 aromatic carbocycles. The van der Waals surface area contributed by atoms with Crippen LogP contribution in [0.3, 0.4) is 0 Å². The topological polar surface area (TPSA) is 323 Å². The Morgan fingerprint density at radius 1 is 0.400 bits per heavy atom. The summed E-state index contributed by atoms with van der Waals surface area (Å²) in [5.74, 6) is -4.17. The lowest BCUT2D eigenvalue weighted by molar-refractivity contribution is -0.416. The number of hydrogen-bond donors (Lipinski definition) is 5. The summed E-state index contributed by atoms with van der Waals surface area (Å²) in [6.45, 7) is 36.7. The summed E-state index contributed by atoms with van der Waals surface area (Å²) in [5.41, 5.74) is 6.66. The van der Waals surface area contributed by atoms with Gasteiger partial charge in [-0.3, -0.25) is 57.7 Å². The van der Waals surface area contributed by atoms with Gasteiger partial charge in [0.05, 0.1) is 96.2 Å². The number of hydrogen-bond acceptors (Lipinski definition) is 20. The van der Waals surface area contributed by atoms with Gasteiger partial charge in [-0.15, -0.1) is 0 Å². The van der Waals surface area contributed by atoms with Crippen molar-refractivity contribution in [1.82, 2.24) is 21.9 Å². The maximum absolute atomic E-state index is 14.9. The minimum Gasteiger partial charge on any atom is -1.00 e. The van der Waals surface area contributed by atoms with Crippen molar-refractivity contribution < 1.29 is 123 Å². The number of carbonyl (C=O) groups excluding carboxylic acids is 8. The largest absolute Gasteiger partial charge is 1.00 e. The van der Waals surface area contributed by atoms with Crippen molar-refractivity contribution in [3.8, 4) is 0 Å². The van der Waals surface area contributed by atoms with Gasteiger partial charge >= 0.3 is 23.9 Å². The van der Waals surface area contributed by atoms with E-state index in [-0.39, 0.29) is 123 Å². The van der Waals surface area contributed by atoms with Crippen LogP contribution in [0.4, 0.5) is 0 Å². The molecule has 4 amide bonds. The maximum Gasteiger partial charge on any atom is 0.318 e. The number of ether oxygens (including phenoxy) is 8. The average molecular weight is 1830 g/mol. The molecule has 4 aliphatic rings. The summed E-state index contributed by atoms with van der Waals surface area (Å²) in [7, 11) is 0. The fraction of sp³-hybridized carbons (Fsp3) is 0.636. The summed E-state index contributed by atoms with van der Waals surface area (Å²) >= 11 is -1.10. The Morgan fingerprint density at radius 2 is 0.617 bits per heavy atom. The van der Waals surface area contributed by atoms with Crippen LogP contribution in [0.25, 0.3) is 0 Å². The molecule has 27 heteroatoms. The van der Waals surface area contributed by atoms with E-state index in [4.69, 9.17) is 57.8 Å². The molecule has 0 radical (unpaired) electrons. The number of nitrogens with one attached hydrogen (secondary N) is 5. The Bertz CT molecular complexity index is 3750. The van der Waals surface area contributed by atoms with E-state index < -0.39 is 127 Å². The quantitative estimate of drug-likeness (QED) is 0.00909. The molecule has 0 aliphatic carbocycles. The van der Waals surface area contributed by atoms with Gasteiger partial charge in [0, 0.05) is 0 Å². The van der Waals surface area contributed by atoms with Crippen LogP contribution >= 0.6 is 22.2 Å². The van der Waals surface area contributed by atoms with Gasteiger partial charge in [0.1, 0.15) is 56.3 Å². The third kappa shape index (κ3) is 26.0. The zero-order valence-corrected chi connectivity index (χ0v) is 75.2. The van der Waals surface area contributed by atoms with Crippen molar-refractivity contribution in [2.75, 3.05) is 85.8 Å². The van der Waals surface area contributed by atoms with Gasteiger partial charge in [-0.1, -0.05) is 146 Å². The molecule has 25 nitrogen and oxygen atoms in total. The number of amides is 4. The smallest absolute Gasteiger partial charge is 0.318 e. The molecule has 0 spiro atoms. The van der Waals surface area contributed by atoms with E-state index in [1.54, 1.807) is 55.4 Å². The number of hydroxylamine groups is 4. The van der Waals surface area contributed by atoms with Crippen molar-refractivity contribution in [2.24, 2.45) is 27.1 Å². The third-order valence-electron chi connectivity index (χ3n) is 24.2. The number of benzene rings is 4. The number of rotatable bonds is 49. The van der Waals surface area contributed by atoms with Crippen LogP contribution in [0.1, 0.15) is 245 Å². The van der Waals surface area contributed by atoms with E-state index in [1.807, 2.05) is 173 Å². The van der Waals surface area contributed by atoms with Gasteiger partial charge in [0.15, 0.2) is 29.4 Å². The minimum atomic E-state index is -1.66. The fourth-order valence-electron chi connectivity index (χ4n) is 13.9. The van der Waals surface area contributed by atoms with E-state index in [1.165, 1.54) is 0 Å². The molecule has 4 fully saturated rings. The van der Waals surface area contributed by atoms with Crippen LogP contribution in [-0.4, -0.2) is 158 Å². The zero-order valence-electron chi connectivity index (χ0n) is 71.9. The highest BCUT2D eigenvalue weighted by molar-refractivity contribution is 14.1. The van der Waals surface area contributed by atoms with Crippen molar-refractivity contribution in [3.63, 3.8) is 0 Å². The van der Waals surface area contributed by atoms with Crippen LogP contribution in [-0.2, 0) is 117 Å². The van der Waals surface area contributed by atoms with Crippen LogP contribution in [0, 0.1) is 27.1 Å². The molecule has 0 saturated carbocycles. The number of esters is 4. The van der Waals surface area contributed by atoms with Gasteiger partial charge in [-0.05, 0) is 196 Å². The summed E-state index contributed by atoms with van der Waals surface area (Å²) in [6.07, 6.45) is 3.04. The minimum absolute atomic E-state index is 0. The normalized spacial score (nSPS) is 20.4. The van der Waals surface area contributed by atoms with Crippen LogP contribution in [0.5, 0.6) is 0 Å². The highest BCUT2D eigenvalue weighted by atomic mass is 127. The van der Waals surface area contributed by atoms with E-state index in [9.17, 15) is 38.4 Å². The van der Waals surface area contributed by atoms with Crippen molar-refractivity contribution in [3.05, 3.63) is 142 Å². The lowest BCUT2D eigenvalue weighted by atomic mass is 9.76. The molecule has 12 atom stereocenters. The highest BCUT2D eigenvalue weighted by Crippen LogP contribution is 2.42. The maximum atomic E-state index is 14.9. The molecule has 4 aromatic rings. The Kier molecular flexibility index (Phi) is 33.6. The molecule has 4 heterocycles. The Labute approximate surface area is 711 Å². The Hall–Kier alpha value is -6.42. The van der Waals surface area contributed by atoms with Gasteiger partial charge < -0.3 is 61.9 Å². The van der Waals surface area contributed by atoms with E-state index in [0.29, 0.717) is 93.6 Å². The van der Waals surface area contributed by atoms with Gasteiger partial charge in [0.2, 0.25) is 0 Å². The summed E-state index contributed by atoms with van der Waals surface area (Å²) in [6, 6.07) is 30.3. The molecular formula is C88H127I2N5O20. The van der Waals surface area contributed by atoms with E-state index >= 15 is 0 Å². The van der Waals surface area contributed by atoms with Crippen LogP contribution in [0.15, 0.2) is 97.1 Å². The SMILES string of the molecule is [3H]I=[NH+]CC(C)(CC(C)c1cccc(C(C)(C)C(=O)NOCC(CONC(=O)C(C)(C)c2cccc(C(C)CC(C)(CC)C(=O)OCC3CO3)c2)(CONC(=O)C(C)(C)c2cccc(C(C)CC(C)(CC)C(=O)OCC3CO3)c2)CONC(=O)C(C)(C)c2cccc(C(C)CC(C)(CC)C(=O)OCC3CO3)c2)c1)C(=O)OCC1CO1.[I-]. The number of carbonyl (C=O) groups is 8. The predicted octanol–water partition coefficient (Wildman–Crippen LogP) is 8.51. The molecule has 5 N–H and O–H groups in total. The first-order valence-electron chi connectivity index (χ1n) is 40.6. The zero-order chi connectivity index (χ0) is 84.5. The summed E-state index contributed by atoms with van der Waals surface area (Å²) in [5, 5.41) is 0. The van der Waals surface area contributed by atoms with Gasteiger partial charge in [-0.25, -0.2) is 25.1 Å². The first-order chi connectivity index (χ1) is 54.1. The molecule has 12 unspecified atom stereocenters. The van der Waals surface area contributed by atoms with E-state index in [2.05, 4.69) is 25.1 Å². The van der Waals surface area contributed by atoms with Gasteiger partial charge in [-0.2, -0.15) is 0 Å². The number of halogens is 2. The molecule has 4 aliphatic heterocycles. The second-order valence-corrected chi connectivity index (χ2v) is 36.4. The first kappa shape index (κ1) is 94.1. The average Bonchev–Trinajstić information content (AvgIpc) is 0.823. The van der Waals surface area contributed by atoms with Crippen LogP contribution in [0.2, 0.25) is 0 Å². The monoisotopic (exact) mass is 1830 g/mol. The van der Waals surface area contributed by atoms with Crippen molar-refractivity contribution >= 4 is 69.7 Å². The van der Waals surface area contributed by atoms with Crippen LogP contribution < -0.4 is 49.0 Å². The fourth-order valence-corrected chi connectivity index (χ4v) is 14.8. The molecular weight excluding hydrogens is 1700 g/mol. The second-order valence-electron chi connectivity index (χ2n) is 35.6. The number of epoxide rings is 4. The molecule has 4 saturated heterocycles. The summed E-state index contributed by atoms with van der Waals surface area (Å²) < 4.78 is 55.0. The highest BCUT2D eigenvalue weighted by Gasteiger charge is 2.46. The molecule has 115 heavy (non-hydrogen) atoms. The lowest BCUT2D eigenvalue weighted by Gasteiger charge is -2.34. The molecule has 638 valence electrons. The second kappa shape index (κ2) is 41.0. The Balaban J connectivity index is 0.0000186. The predicted molar refractivity (Wildman–Crippen MR) is 436 cm³/mol. The summed E-state index contributed by atoms with van der Waals surface area (Å²) in [4.78, 5) is 139.